The minimum absolute atomic E-state index is 0.0146. The van der Waals surface area contributed by atoms with Crippen LogP contribution in [0.25, 0.3) is 0 Å². The Bertz CT molecular complexity index is 906. The summed E-state index contributed by atoms with van der Waals surface area (Å²) in [4.78, 5) is 27.7. The highest BCUT2D eigenvalue weighted by molar-refractivity contribution is 8.01. The predicted molar refractivity (Wildman–Crippen MR) is 112 cm³/mol. The molecule has 1 atom stereocenters. The van der Waals surface area contributed by atoms with Crippen molar-refractivity contribution < 1.29 is 19.1 Å². The lowest BCUT2D eigenvalue weighted by molar-refractivity contribution is -0.144. The number of ether oxygens (including phenoxy) is 2. The molecule has 2 aromatic carbocycles. The molecule has 0 spiro atoms. The first-order chi connectivity index (χ1) is 13.4. The average Bonchev–Trinajstić information content (AvgIpc) is 2.67. The van der Waals surface area contributed by atoms with E-state index in [1.165, 1.54) is 11.8 Å². The van der Waals surface area contributed by atoms with Gasteiger partial charge in [0, 0.05) is 11.0 Å². The first-order valence-corrected chi connectivity index (χ1v) is 10.3. The first-order valence-electron chi connectivity index (χ1n) is 8.68. The molecule has 8 heteroatoms. The number of rotatable bonds is 6. The second-order valence-corrected chi connectivity index (χ2v) is 8.18. The Kier molecular flexibility index (Phi) is 6.75. The van der Waals surface area contributed by atoms with Crippen LogP contribution in [0.3, 0.4) is 0 Å². The highest BCUT2D eigenvalue weighted by Gasteiger charge is 2.35. The van der Waals surface area contributed by atoms with Gasteiger partial charge in [-0.25, -0.2) is 0 Å². The summed E-state index contributed by atoms with van der Waals surface area (Å²) in [5.41, 5.74) is 1.57. The monoisotopic (exact) mass is 439 g/mol. The topological polar surface area (TPSA) is 55.8 Å². The zero-order valence-electron chi connectivity index (χ0n) is 15.4. The van der Waals surface area contributed by atoms with Gasteiger partial charge in [0.2, 0.25) is 5.91 Å². The molecule has 0 saturated heterocycles. The average molecular weight is 440 g/mol. The zero-order chi connectivity index (χ0) is 20.3. The number of benzene rings is 2. The van der Waals surface area contributed by atoms with Crippen LogP contribution in [-0.2, 0) is 20.9 Å². The van der Waals surface area contributed by atoms with Gasteiger partial charge in [0.1, 0.15) is 5.75 Å². The Labute approximate surface area is 177 Å². The number of esters is 1. The first kappa shape index (κ1) is 20.8. The smallest absolute Gasteiger partial charge is 0.307 e. The third-order valence-corrected chi connectivity index (χ3v) is 6.24. The molecule has 0 aliphatic carbocycles. The minimum atomic E-state index is -0.553. The van der Waals surface area contributed by atoms with Crippen LogP contribution in [0.15, 0.2) is 41.3 Å². The number of fused-ring (bicyclic) bond motifs is 1. The lowest BCUT2D eigenvalue weighted by Gasteiger charge is -2.33. The summed E-state index contributed by atoms with van der Waals surface area (Å²) in [5.74, 6) is 0.0970. The van der Waals surface area contributed by atoms with Gasteiger partial charge < -0.3 is 14.4 Å². The Morgan fingerprint density at radius 1 is 1.18 bits per heavy atom. The number of carbonyl (C=O) groups is 2. The van der Waals surface area contributed by atoms with Crippen LogP contribution in [0.2, 0.25) is 10.0 Å². The Hall–Kier alpha value is -1.89. The van der Waals surface area contributed by atoms with Crippen molar-refractivity contribution in [3.8, 4) is 5.75 Å². The van der Waals surface area contributed by atoms with E-state index in [4.69, 9.17) is 32.7 Å². The number of carbonyl (C=O) groups excluding carboxylic acids is 2. The van der Waals surface area contributed by atoms with Gasteiger partial charge in [-0.3, -0.25) is 9.59 Å². The molecule has 0 N–H and O–H groups in total. The minimum Gasteiger partial charge on any atom is -0.497 e. The van der Waals surface area contributed by atoms with Crippen LogP contribution < -0.4 is 9.64 Å². The maximum atomic E-state index is 13.2. The summed E-state index contributed by atoms with van der Waals surface area (Å²) in [6.45, 7) is 2.33. The highest BCUT2D eigenvalue weighted by atomic mass is 35.5. The van der Waals surface area contributed by atoms with Gasteiger partial charge in [0.25, 0.3) is 0 Å². The van der Waals surface area contributed by atoms with Crippen LogP contribution in [0, 0.1) is 0 Å². The van der Waals surface area contributed by atoms with Crippen molar-refractivity contribution in [3.05, 3.63) is 52.0 Å². The van der Waals surface area contributed by atoms with Gasteiger partial charge in [-0.15, -0.1) is 11.8 Å². The van der Waals surface area contributed by atoms with E-state index < -0.39 is 5.25 Å². The van der Waals surface area contributed by atoms with E-state index in [-0.39, 0.29) is 24.9 Å². The predicted octanol–water partition coefficient (Wildman–Crippen LogP) is 4.96. The number of amides is 1. The summed E-state index contributed by atoms with van der Waals surface area (Å²) >= 11 is 13.5. The number of methoxy groups -OCH3 is 1. The molecule has 1 heterocycles. The molecule has 3 rings (SSSR count). The number of hydrogen-bond acceptors (Lipinski definition) is 5. The second-order valence-electron chi connectivity index (χ2n) is 6.12. The van der Waals surface area contributed by atoms with E-state index in [9.17, 15) is 9.59 Å². The summed E-state index contributed by atoms with van der Waals surface area (Å²) in [6, 6.07) is 10.8. The molecule has 1 aliphatic rings. The molecule has 0 aromatic heterocycles. The van der Waals surface area contributed by atoms with Crippen LogP contribution in [0.5, 0.6) is 5.75 Å². The van der Waals surface area contributed by atoms with Crippen LogP contribution >= 0.6 is 35.0 Å². The van der Waals surface area contributed by atoms with Gasteiger partial charge in [-0.2, -0.15) is 0 Å². The van der Waals surface area contributed by atoms with Crippen LogP contribution in [0.4, 0.5) is 5.69 Å². The number of nitrogens with zero attached hydrogens (tertiary/aromatic N) is 1. The molecule has 148 valence electrons. The van der Waals surface area contributed by atoms with Crippen LogP contribution in [-0.4, -0.2) is 30.8 Å². The molecule has 0 saturated carbocycles. The van der Waals surface area contributed by atoms with E-state index in [0.717, 1.165) is 16.1 Å². The molecular formula is C20H19Cl2NO4S. The number of hydrogen-bond donors (Lipinski definition) is 0. The lowest BCUT2D eigenvalue weighted by atomic mass is 10.1. The fourth-order valence-electron chi connectivity index (χ4n) is 2.91. The van der Waals surface area contributed by atoms with Gasteiger partial charge in [-0.05, 0) is 36.8 Å². The Balaban J connectivity index is 1.95. The molecular weight excluding hydrogens is 421 g/mol. The van der Waals surface area contributed by atoms with Crippen molar-refractivity contribution in [2.24, 2.45) is 0 Å². The van der Waals surface area contributed by atoms with E-state index in [1.54, 1.807) is 31.1 Å². The van der Waals surface area contributed by atoms with Gasteiger partial charge in [-0.1, -0.05) is 29.3 Å². The van der Waals surface area contributed by atoms with Crippen molar-refractivity contribution in [2.75, 3.05) is 18.6 Å². The molecule has 1 aliphatic heterocycles. The van der Waals surface area contributed by atoms with E-state index >= 15 is 0 Å². The van der Waals surface area contributed by atoms with E-state index in [0.29, 0.717) is 22.3 Å². The van der Waals surface area contributed by atoms with Gasteiger partial charge in [0.15, 0.2) is 0 Å². The largest absolute Gasteiger partial charge is 0.497 e. The van der Waals surface area contributed by atoms with Gasteiger partial charge in [0.05, 0.1) is 47.7 Å². The summed E-state index contributed by atoms with van der Waals surface area (Å²) < 4.78 is 10.3. The Morgan fingerprint density at radius 3 is 2.64 bits per heavy atom. The maximum absolute atomic E-state index is 13.2. The number of halogens is 2. The molecule has 0 bridgehead atoms. The van der Waals surface area contributed by atoms with Crippen molar-refractivity contribution in [1.29, 1.82) is 0 Å². The van der Waals surface area contributed by atoms with Crippen molar-refractivity contribution in [3.63, 3.8) is 0 Å². The third kappa shape index (κ3) is 4.57. The Morgan fingerprint density at radius 2 is 1.96 bits per heavy atom. The highest BCUT2D eigenvalue weighted by Crippen LogP contribution is 2.43. The quantitative estimate of drug-likeness (QED) is 0.595. The molecule has 1 unspecified atom stereocenters. The van der Waals surface area contributed by atoms with E-state index in [2.05, 4.69) is 0 Å². The number of thioether (sulfide) groups is 1. The lowest BCUT2D eigenvalue weighted by Crippen LogP contribution is -2.41. The van der Waals surface area contributed by atoms with Crippen molar-refractivity contribution >= 4 is 52.5 Å². The summed E-state index contributed by atoms with van der Waals surface area (Å²) in [7, 11) is 1.58. The zero-order valence-corrected chi connectivity index (χ0v) is 17.7. The fourth-order valence-corrected chi connectivity index (χ4v) is 4.43. The molecule has 0 radical (unpaired) electrons. The third-order valence-electron chi connectivity index (χ3n) is 4.25. The van der Waals surface area contributed by atoms with Crippen molar-refractivity contribution in [1.82, 2.24) is 0 Å². The molecule has 28 heavy (non-hydrogen) atoms. The standard InChI is InChI=1S/C20H19Cl2NO4S/c1-3-27-19(24)10-18-20(25)23(11-12-4-6-14(21)15(22)8-12)16-9-13(26-2)5-7-17(16)28-18/h4-9,18H,3,10-11H2,1-2H3. The number of anilines is 1. The van der Waals surface area contributed by atoms with E-state index in [1.807, 2.05) is 24.3 Å². The summed E-state index contributed by atoms with van der Waals surface area (Å²) in [5, 5.41) is 0.322. The molecule has 0 fully saturated rings. The summed E-state index contributed by atoms with van der Waals surface area (Å²) in [6.07, 6.45) is 0.0146. The second kappa shape index (κ2) is 9.07. The SMILES string of the molecule is CCOC(=O)CC1Sc2ccc(OC)cc2N(Cc2ccc(Cl)c(Cl)c2)C1=O. The molecule has 1 amide bonds. The molecule has 5 nitrogen and oxygen atoms in total. The molecule has 2 aromatic rings. The van der Waals surface area contributed by atoms with Crippen LogP contribution in [0.1, 0.15) is 18.9 Å². The van der Waals surface area contributed by atoms with Gasteiger partial charge >= 0.3 is 5.97 Å². The fraction of sp³-hybridized carbons (Fsp3) is 0.300. The normalized spacial score (nSPS) is 15.9. The van der Waals surface area contributed by atoms with Crippen molar-refractivity contribution in [2.45, 2.75) is 30.0 Å². The maximum Gasteiger partial charge on any atom is 0.307 e.